The Bertz CT molecular complexity index is 1140. The molecule has 0 fully saturated rings. The minimum atomic E-state index is -0.279. The van der Waals surface area contributed by atoms with E-state index in [1.165, 1.54) is 0 Å². The van der Waals surface area contributed by atoms with E-state index in [4.69, 9.17) is 4.74 Å². The molecule has 0 aliphatic rings. The number of benzene rings is 1. The van der Waals surface area contributed by atoms with Crippen LogP contribution in [0.4, 0.5) is 5.69 Å². The molecular formula is C21H19N5O2. The quantitative estimate of drug-likeness (QED) is 0.580. The second-order valence-corrected chi connectivity index (χ2v) is 6.49. The van der Waals surface area contributed by atoms with Crippen molar-refractivity contribution in [2.45, 2.75) is 13.8 Å². The van der Waals surface area contributed by atoms with Crippen molar-refractivity contribution in [2.75, 3.05) is 11.9 Å². The van der Waals surface area contributed by atoms with Crippen molar-refractivity contribution in [3.63, 3.8) is 0 Å². The summed E-state index contributed by atoms with van der Waals surface area (Å²) < 4.78 is 7.28. The van der Waals surface area contributed by atoms with Gasteiger partial charge in [0.05, 0.1) is 5.69 Å². The van der Waals surface area contributed by atoms with Gasteiger partial charge in [-0.05, 0) is 49.2 Å². The van der Waals surface area contributed by atoms with Gasteiger partial charge in [0.2, 0.25) is 0 Å². The normalized spacial score (nSPS) is 10.8. The average Bonchev–Trinajstić information content (AvgIpc) is 3.12. The largest absolute Gasteiger partial charge is 0.453 e. The van der Waals surface area contributed by atoms with Crippen LogP contribution in [-0.2, 0) is 4.79 Å². The third kappa shape index (κ3) is 3.83. The van der Waals surface area contributed by atoms with Crippen molar-refractivity contribution in [1.29, 1.82) is 0 Å². The van der Waals surface area contributed by atoms with Crippen LogP contribution in [0, 0.1) is 13.8 Å². The van der Waals surface area contributed by atoms with Crippen LogP contribution in [0.25, 0.3) is 16.9 Å². The number of amides is 1. The van der Waals surface area contributed by atoms with Gasteiger partial charge in [-0.15, -0.1) is 0 Å². The van der Waals surface area contributed by atoms with Gasteiger partial charge in [0.15, 0.2) is 6.61 Å². The van der Waals surface area contributed by atoms with E-state index in [1.807, 2.05) is 61.0 Å². The molecule has 3 heterocycles. The van der Waals surface area contributed by atoms with Gasteiger partial charge in [-0.25, -0.2) is 15.0 Å². The molecule has 3 aromatic heterocycles. The van der Waals surface area contributed by atoms with Crippen LogP contribution in [0.1, 0.15) is 11.1 Å². The van der Waals surface area contributed by atoms with Gasteiger partial charge in [-0.1, -0.05) is 12.1 Å². The Balaban J connectivity index is 1.52. The molecule has 0 saturated heterocycles. The molecule has 0 unspecified atom stereocenters. The number of fused-ring (bicyclic) bond motifs is 1. The Hall–Kier alpha value is -3.74. The summed E-state index contributed by atoms with van der Waals surface area (Å²) in [5.74, 6) is -0.279. The van der Waals surface area contributed by atoms with Crippen molar-refractivity contribution in [2.24, 2.45) is 0 Å². The van der Waals surface area contributed by atoms with Crippen molar-refractivity contribution in [1.82, 2.24) is 19.4 Å². The summed E-state index contributed by atoms with van der Waals surface area (Å²) in [5.41, 5.74) is 5.48. The zero-order valence-corrected chi connectivity index (χ0v) is 15.6. The molecule has 0 aliphatic heterocycles. The molecule has 1 aromatic carbocycles. The van der Waals surface area contributed by atoms with E-state index in [0.717, 1.165) is 28.0 Å². The van der Waals surface area contributed by atoms with Crippen LogP contribution in [-0.4, -0.2) is 31.9 Å². The molecule has 4 rings (SSSR count). The lowest BCUT2D eigenvalue weighted by Gasteiger charge is -2.10. The number of aromatic nitrogens is 4. The number of pyridine rings is 1. The highest BCUT2D eigenvalue weighted by Gasteiger charge is 2.10. The Morgan fingerprint density at radius 2 is 1.96 bits per heavy atom. The second kappa shape index (κ2) is 7.48. The molecule has 0 spiro atoms. The number of nitrogens with one attached hydrogen (secondary N) is 1. The first-order valence-electron chi connectivity index (χ1n) is 8.84. The van der Waals surface area contributed by atoms with E-state index < -0.39 is 0 Å². The molecule has 0 bridgehead atoms. The van der Waals surface area contributed by atoms with Crippen LogP contribution in [0.3, 0.4) is 0 Å². The number of ether oxygens (including phenoxy) is 1. The van der Waals surface area contributed by atoms with E-state index in [2.05, 4.69) is 20.3 Å². The number of nitrogens with zero attached hydrogens (tertiary/aromatic N) is 4. The predicted octanol–water partition coefficient (Wildman–Crippen LogP) is 3.43. The summed E-state index contributed by atoms with van der Waals surface area (Å²) in [4.78, 5) is 24.8. The van der Waals surface area contributed by atoms with Gasteiger partial charge in [0.1, 0.15) is 5.65 Å². The summed E-state index contributed by atoms with van der Waals surface area (Å²) in [6, 6.07) is 11.8. The predicted molar refractivity (Wildman–Crippen MR) is 106 cm³/mol. The Morgan fingerprint density at radius 3 is 2.79 bits per heavy atom. The third-order valence-electron chi connectivity index (χ3n) is 4.30. The Labute approximate surface area is 162 Å². The van der Waals surface area contributed by atoms with E-state index in [0.29, 0.717) is 5.69 Å². The molecule has 0 saturated carbocycles. The first kappa shape index (κ1) is 17.7. The summed E-state index contributed by atoms with van der Waals surface area (Å²) in [7, 11) is 0. The molecule has 7 nitrogen and oxygen atoms in total. The first-order valence-corrected chi connectivity index (χ1v) is 8.84. The van der Waals surface area contributed by atoms with Gasteiger partial charge in [-0.3, -0.25) is 4.79 Å². The van der Waals surface area contributed by atoms with E-state index in [1.54, 1.807) is 18.5 Å². The molecule has 4 aromatic rings. The first-order chi connectivity index (χ1) is 13.6. The number of hydrogen-bond donors (Lipinski definition) is 1. The molecular weight excluding hydrogens is 354 g/mol. The maximum Gasteiger partial charge on any atom is 0.316 e. The zero-order chi connectivity index (χ0) is 19.5. The maximum atomic E-state index is 12.3. The number of aryl methyl sites for hydroxylation is 2. The maximum absolute atomic E-state index is 12.3. The fourth-order valence-electron chi connectivity index (χ4n) is 2.82. The fraction of sp³-hybridized carbons (Fsp3) is 0.143. The standard InChI is InChI=1S/C21H19N5O2/c1-14-6-9-26-12-18(24-19(26)10-14)16-5-4-15(2)17(11-16)25-20(27)13-28-21-22-7-3-8-23-21/h3-12H,13H2,1-2H3,(H,25,27). The monoisotopic (exact) mass is 373 g/mol. The van der Waals surface area contributed by atoms with Crippen LogP contribution >= 0.6 is 0 Å². The second-order valence-electron chi connectivity index (χ2n) is 6.49. The van der Waals surface area contributed by atoms with E-state index in [9.17, 15) is 4.79 Å². The molecule has 0 atom stereocenters. The molecule has 0 radical (unpaired) electrons. The van der Waals surface area contributed by atoms with E-state index in [-0.39, 0.29) is 18.5 Å². The summed E-state index contributed by atoms with van der Waals surface area (Å²) >= 11 is 0. The Morgan fingerprint density at radius 1 is 1.14 bits per heavy atom. The minimum absolute atomic E-state index is 0.165. The van der Waals surface area contributed by atoms with Crippen molar-refractivity contribution < 1.29 is 9.53 Å². The van der Waals surface area contributed by atoms with Gasteiger partial charge >= 0.3 is 6.01 Å². The van der Waals surface area contributed by atoms with Crippen LogP contribution in [0.5, 0.6) is 6.01 Å². The van der Waals surface area contributed by atoms with Crippen LogP contribution in [0.15, 0.2) is 61.2 Å². The molecule has 140 valence electrons. The molecule has 1 amide bonds. The number of hydrogen-bond acceptors (Lipinski definition) is 5. The molecule has 7 heteroatoms. The smallest absolute Gasteiger partial charge is 0.316 e. The lowest BCUT2D eigenvalue weighted by Crippen LogP contribution is -2.21. The number of anilines is 1. The number of carbonyl (C=O) groups is 1. The SMILES string of the molecule is Cc1ccn2cc(-c3ccc(C)c(NC(=O)COc4ncccn4)c3)nc2c1. The topological polar surface area (TPSA) is 81.4 Å². The third-order valence-corrected chi connectivity index (χ3v) is 4.30. The summed E-state index contributed by atoms with van der Waals surface area (Å²) in [5, 5.41) is 2.88. The van der Waals surface area contributed by atoms with Crippen molar-refractivity contribution in [3.05, 3.63) is 72.3 Å². The number of rotatable bonds is 5. The average molecular weight is 373 g/mol. The Kier molecular flexibility index (Phi) is 4.72. The highest BCUT2D eigenvalue weighted by atomic mass is 16.5. The number of imidazole rings is 1. The lowest BCUT2D eigenvalue weighted by molar-refractivity contribution is -0.118. The summed E-state index contributed by atoms with van der Waals surface area (Å²) in [6.07, 6.45) is 7.08. The van der Waals surface area contributed by atoms with Crippen molar-refractivity contribution >= 4 is 17.2 Å². The highest BCUT2D eigenvalue weighted by molar-refractivity contribution is 5.93. The van der Waals surface area contributed by atoms with Gasteiger partial charge in [0, 0.05) is 36.0 Å². The zero-order valence-electron chi connectivity index (χ0n) is 15.6. The molecule has 0 aliphatic carbocycles. The number of carbonyl (C=O) groups excluding carboxylic acids is 1. The lowest BCUT2D eigenvalue weighted by atomic mass is 10.1. The van der Waals surface area contributed by atoms with Gasteiger partial charge < -0.3 is 14.5 Å². The summed E-state index contributed by atoms with van der Waals surface area (Å²) in [6.45, 7) is 3.81. The molecule has 1 N–H and O–H groups in total. The fourth-order valence-corrected chi connectivity index (χ4v) is 2.82. The minimum Gasteiger partial charge on any atom is -0.453 e. The van der Waals surface area contributed by atoms with Gasteiger partial charge in [-0.2, -0.15) is 0 Å². The van der Waals surface area contributed by atoms with Gasteiger partial charge in [0.25, 0.3) is 5.91 Å². The highest BCUT2D eigenvalue weighted by Crippen LogP contribution is 2.25. The van der Waals surface area contributed by atoms with Crippen LogP contribution in [0.2, 0.25) is 0 Å². The van der Waals surface area contributed by atoms with E-state index >= 15 is 0 Å². The van der Waals surface area contributed by atoms with Crippen molar-refractivity contribution in [3.8, 4) is 17.3 Å². The van der Waals surface area contributed by atoms with Crippen LogP contribution < -0.4 is 10.1 Å². The molecule has 28 heavy (non-hydrogen) atoms.